The van der Waals surface area contributed by atoms with Crippen molar-refractivity contribution < 1.29 is 4.42 Å². The molecule has 13 aromatic rings. The summed E-state index contributed by atoms with van der Waals surface area (Å²) in [5, 5.41) is 10.2. The molecular formula is C54H32N4O. The zero-order chi connectivity index (χ0) is 38.6. The lowest BCUT2D eigenvalue weighted by molar-refractivity contribution is 0.669. The molecule has 5 heteroatoms. The first kappa shape index (κ1) is 32.1. The van der Waals surface area contributed by atoms with Gasteiger partial charge in [-0.1, -0.05) is 133 Å². The van der Waals surface area contributed by atoms with E-state index in [4.69, 9.17) is 14.4 Å². The van der Waals surface area contributed by atoms with Crippen LogP contribution in [0, 0.1) is 0 Å². The molecule has 274 valence electrons. The van der Waals surface area contributed by atoms with Crippen LogP contribution < -0.4 is 0 Å². The third-order valence-electron chi connectivity index (χ3n) is 12.1. The maximum absolute atomic E-state index is 6.79. The molecule has 0 saturated carbocycles. The fourth-order valence-electron chi connectivity index (χ4n) is 9.53. The van der Waals surface area contributed by atoms with Crippen LogP contribution in [0.15, 0.2) is 199 Å². The minimum atomic E-state index is 0.617. The SMILES string of the molecule is c1ccc(-c2cc(-c3nc(-n4c5ccccc5c5ccc6c(c7ccccc7n6-c6ccccc6)c54)nc4ccccc34)cc3oc4cc5ccccc5cc4c23)cc1. The summed E-state index contributed by atoms with van der Waals surface area (Å²) in [4.78, 5) is 11.0. The number of para-hydroxylation sites is 4. The van der Waals surface area contributed by atoms with Crippen LogP contribution in [0.4, 0.5) is 0 Å². The molecule has 0 aliphatic carbocycles. The van der Waals surface area contributed by atoms with Gasteiger partial charge in [-0.2, -0.15) is 0 Å². The normalized spacial score (nSPS) is 12.1. The van der Waals surface area contributed by atoms with Crippen molar-refractivity contribution in [2.75, 3.05) is 0 Å². The lowest BCUT2D eigenvalue weighted by Crippen LogP contribution is -2.04. The highest BCUT2D eigenvalue weighted by atomic mass is 16.3. The van der Waals surface area contributed by atoms with E-state index in [1.54, 1.807) is 0 Å². The number of rotatable bonds is 4. The van der Waals surface area contributed by atoms with E-state index in [1.165, 1.54) is 16.2 Å². The number of fused-ring (bicyclic) bond motifs is 12. The van der Waals surface area contributed by atoms with Gasteiger partial charge in [0.1, 0.15) is 11.2 Å². The molecule has 5 nitrogen and oxygen atoms in total. The lowest BCUT2D eigenvalue weighted by Gasteiger charge is -2.14. The second-order valence-corrected chi connectivity index (χ2v) is 15.3. The molecule has 13 rings (SSSR count). The maximum Gasteiger partial charge on any atom is 0.235 e. The molecule has 0 bridgehead atoms. The Kier molecular flexibility index (Phi) is 6.66. The highest BCUT2D eigenvalue weighted by Crippen LogP contribution is 2.44. The molecular weight excluding hydrogens is 721 g/mol. The second kappa shape index (κ2) is 12.2. The second-order valence-electron chi connectivity index (χ2n) is 15.3. The van der Waals surface area contributed by atoms with Gasteiger partial charge in [0.05, 0.1) is 33.3 Å². The standard InChI is InChI=1S/C54H32N4O/c1-3-15-33(16-4-1)42-30-36(32-49-50(42)43-29-34-17-7-8-18-35(34)31-48(43)59-49)52-40-22-9-12-24-44(40)55-54(56-52)58-45-25-13-10-21-38(45)39-27-28-47-51(53(39)58)41-23-11-14-26-46(41)57(47)37-19-5-2-6-20-37/h1-32H. The number of hydrogen-bond acceptors (Lipinski definition) is 3. The van der Waals surface area contributed by atoms with Crippen molar-refractivity contribution >= 4 is 87.2 Å². The van der Waals surface area contributed by atoms with Gasteiger partial charge in [0, 0.05) is 49.0 Å². The Bertz CT molecular complexity index is 3840. The van der Waals surface area contributed by atoms with Gasteiger partial charge in [0.15, 0.2) is 0 Å². The monoisotopic (exact) mass is 752 g/mol. The van der Waals surface area contributed by atoms with E-state index in [2.05, 4.69) is 203 Å². The Morgan fingerprint density at radius 3 is 1.86 bits per heavy atom. The maximum atomic E-state index is 6.79. The Labute approximate surface area is 337 Å². The van der Waals surface area contributed by atoms with Crippen molar-refractivity contribution in [1.82, 2.24) is 19.1 Å². The molecule has 0 radical (unpaired) electrons. The predicted octanol–water partition coefficient (Wildman–Crippen LogP) is 14.2. The minimum Gasteiger partial charge on any atom is -0.456 e. The molecule has 0 fully saturated rings. The third-order valence-corrected chi connectivity index (χ3v) is 12.1. The van der Waals surface area contributed by atoms with Gasteiger partial charge in [-0.25, -0.2) is 9.97 Å². The van der Waals surface area contributed by atoms with E-state index >= 15 is 0 Å². The van der Waals surface area contributed by atoms with Crippen molar-refractivity contribution in [3.05, 3.63) is 194 Å². The smallest absolute Gasteiger partial charge is 0.235 e. The molecule has 0 aliphatic heterocycles. The number of aromatic nitrogens is 4. The van der Waals surface area contributed by atoms with Crippen molar-refractivity contribution in [2.24, 2.45) is 0 Å². The molecule has 9 aromatic carbocycles. The van der Waals surface area contributed by atoms with Crippen LogP contribution >= 0.6 is 0 Å². The lowest BCUT2D eigenvalue weighted by atomic mass is 9.94. The first-order valence-corrected chi connectivity index (χ1v) is 20.0. The summed E-state index contributed by atoms with van der Waals surface area (Å²) in [6.45, 7) is 0. The Morgan fingerprint density at radius 1 is 0.390 bits per heavy atom. The van der Waals surface area contributed by atoms with Crippen LogP contribution in [0.5, 0.6) is 0 Å². The van der Waals surface area contributed by atoms with Crippen LogP contribution in [0.2, 0.25) is 0 Å². The van der Waals surface area contributed by atoms with Crippen molar-refractivity contribution in [3.63, 3.8) is 0 Å². The summed E-state index contributed by atoms with van der Waals surface area (Å²) in [5.74, 6) is 0.617. The average molecular weight is 753 g/mol. The average Bonchev–Trinajstić information content (AvgIpc) is 3.95. The van der Waals surface area contributed by atoms with Gasteiger partial charge in [0.25, 0.3) is 0 Å². The predicted molar refractivity (Wildman–Crippen MR) is 244 cm³/mol. The van der Waals surface area contributed by atoms with E-state index in [1.807, 2.05) is 0 Å². The summed E-state index contributed by atoms with van der Waals surface area (Å²) in [7, 11) is 0. The largest absolute Gasteiger partial charge is 0.456 e. The number of benzene rings is 9. The topological polar surface area (TPSA) is 48.8 Å². The zero-order valence-corrected chi connectivity index (χ0v) is 31.7. The minimum absolute atomic E-state index is 0.617. The highest BCUT2D eigenvalue weighted by Gasteiger charge is 2.24. The molecule has 0 atom stereocenters. The van der Waals surface area contributed by atoms with Gasteiger partial charge in [-0.15, -0.1) is 0 Å². The Hall–Kier alpha value is -8.02. The fourth-order valence-corrected chi connectivity index (χ4v) is 9.53. The van der Waals surface area contributed by atoms with E-state index in [-0.39, 0.29) is 0 Å². The molecule has 0 unspecified atom stereocenters. The summed E-state index contributed by atoms with van der Waals surface area (Å²) in [6, 6.07) is 68.8. The fraction of sp³-hybridized carbons (Fsp3) is 0. The van der Waals surface area contributed by atoms with E-state index < -0.39 is 0 Å². The van der Waals surface area contributed by atoms with Gasteiger partial charge in [-0.3, -0.25) is 4.57 Å². The van der Waals surface area contributed by atoms with Crippen LogP contribution in [0.3, 0.4) is 0 Å². The highest BCUT2D eigenvalue weighted by molar-refractivity contribution is 6.26. The van der Waals surface area contributed by atoms with Gasteiger partial charge in [0.2, 0.25) is 5.95 Å². The summed E-state index contributed by atoms with van der Waals surface area (Å²) in [5.41, 5.74) is 12.1. The molecule has 0 saturated heterocycles. The van der Waals surface area contributed by atoms with E-state index in [0.29, 0.717) is 5.95 Å². The molecule has 0 spiro atoms. The van der Waals surface area contributed by atoms with E-state index in [9.17, 15) is 0 Å². The summed E-state index contributed by atoms with van der Waals surface area (Å²) in [6.07, 6.45) is 0. The number of furan rings is 1. The van der Waals surface area contributed by atoms with Gasteiger partial charge in [-0.05, 0) is 82.6 Å². The van der Waals surface area contributed by atoms with Crippen molar-refractivity contribution in [2.45, 2.75) is 0 Å². The Morgan fingerprint density at radius 2 is 1.05 bits per heavy atom. The van der Waals surface area contributed by atoms with Crippen molar-refractivity contribution in [1.29, 1.82) is 0 Å². The zero-order valence-electron chi connectivity index (χ0n) is 31.7. The molecule has 4 heterocycles. The van der Waals surface area contributed by atoms with Gasteiger partial charge >= 0.3 is 0 Å². The van der Waals surface area contributed by atoms with Crippen molar-refractivity contribution in [3.8, 4) is 34.0 Å². The van der Waals surface area contributed by atoms with Crippen LogP contribution in [0.1, 0.15) is 0 Å². The van der Waals surface area contributed by atoms with E-state index in [0.717, 1.165) is 99.1 Å². The summed E-state index contributed by atoms with van der Waals surface area (Å²) < 4.78 is 11.4. The molecule has 0 amide bonds. The number of nitrogens with zero attached hydrogens (tertiary/aromatic N) is 4. The Balaban J connectivity index is 1.14. The van der Waals surface area contributed by atoms with Crippen LogP contribution in [-0.4, -0.2) is 19.1 Å². The van der Waals surface area contributed by atoms with Crippen LogP contribution in [-0.2, 0) is 0 Å². The molecule has 0 aliphatic rings. The number of hydrogen-bond donors (Lipinski definition) is 0. The third kappa shape index (κ3) is 4.67. The quantitative estimate of drug-likeness (QED) is 0.180. The molecule has 4 aromatic heterocycles. The molecule has 0 N–H and O–H groups in total. The van der Waals surface area contributed by atoms with Crippen LogP contribution in [0.25, 0.3) is 121 Å². The first-order chi connectivity index (χ1) is 29.3. The molecule has 59 heavy (non-hydrogen) atoms. The van der Waals surface area contributed by atoms with Gasteiger partial charge < -0.3 is 8.98 Å². The first-order valence-electron chi connectivity index (χ1n) is 20.0. The summed E-state index contributed by atoms with van der Waals surface area (Å²) >= 11 is 0.